The molecule has 0 N–H and O–H groups in total. The Morgan fingerprint density at radius 2 is 1.56 bits per heavy atom. The van der Waals surface area contributed by atoms with Crippen LogP contribution in [-0.2, 0) is 6.42 Å². The largest absolute Gasteiger partial charge is 0.0654 e. The van der Waals surface area contributed by atoms with E-state index >= 15 is 0 Å². The highest BCUT2D eigenvalue weighted by atomic mass is 14.3. The standard InChI is InChI=1S/C16H26/c1-6-8-15(16(3,4)5)14-11-9-13(7-2)10-12-14/h9-12,15H,6-8H2,1-5H3. The first-order valence-electron chi connectivity index (χ1n) is 6.57. The summed E-state index contributed by atoms with van der Waals surface area (Å²) in [7, 11) is 0. The number of hydrogen-bond donors (Lipinski definition) is 0. The Balaban J connectivity index is 2.93. The van der Waals surface area contributed by atoms with E-state index in [1.54, 1.807) is 0 Å². The van der Waals surface area contributed by atoms with E-state index < -0.39 is 0 Å². The maximum Gasteiger partial charge on any atom is -0.0113 e. The van der Waals surface area contributed by atoms with Crippen molar-refractivity contribution >= 4 is 0 Å². The lowest BCUT2D eigenvalue weighted by atomic mass is 9.74. The van der Waals surface area contributed by atoms with Crippen molar-refractivity contribution in [2.45, 2.75) is 59.8 Å². The fraction of sp³-hybridized carbons (Fsp3) is 0.625. The summed E-state index contributed by atoms with van der Waals surface area (Å²) < 4.78 is 0. The van der Waals surface area contributed by atoms with Crippen molar-refractivity contribution < 1.29 is 0 Å². The first kappa shape index (κ1) is 13.3. The Morgan fingerprint density at radius 3 is 1.94 bits per heavy atom. The summed E-state index contributed by atoms with van der Waals surface area (Å²) in [5.74, 6) is 0.684. The van der Waals surface area contributed by atoms with Crippen molar-refractivity contribution in [3.63, 3.8) is 0 Å². The van der Waals surface area contributed by atoms with Gasteiger partial charge in [-0.3, -0.25) is 0 Å². The molecule has 0 aliphatic carbocycles. The van der Waals surface area contributed by atoms with Crippen LogP contribution >= 0.6 is 0 Å². The zero-order valence-corrected chi connectivity index (χ0v) is 11.5. The molecule has 1 atom stereocenters. The second-order valence-corrected chi connectivity index (χ2v) is 5.80. The van der Waals surface area contributed by atoms with Gasteiger partial charge in [-0.05, 0) is 35.3 Å². The quantitative estimate of drug-likeness (QED) is 0.653. The van der Waals surface area contributed by atoms with Gasteiger partial charge in [-0.2, -0.15) is 0 Å². The van der Waals surface area contributed by atoms with Crippen LogP contribution < -0.4 is 0 Å². The van der Waals surface area contributed by atoms with Gasteiger partial charge in [0.25, 0.3) is 0 Å². The SMILES string of the molecule is CCCC(c1ccc(CC)cc1)C(C)(C)C. The van der Waals surface area contributed by atoms with Crippen LogP contribution in [0.1, 0.15) is 64.5 Å². The molecule has 0 fully saturated rings. The van der Waals surface area contributed by atoms with Crippen LogP contribution in [0.4, 0.5) is 0 Å². The molecule has 0 spiro atoms. The van der Waals surface area contributed by atoms with Crippen LogP contribution in [-0.4, -0.2) is 0 Å². The predicted molar refractivity (Wildman–Crippen MR) is 72.9 cm³/mol. The molecule has 0 nitrogen and oxygen atoms in total. The van der Waals surface area contributed by atoms with Crippen LogP contribution in [0, 0.1) is 5.41 Å². The summed E-state index contributed by atoms with van der Waals surface area (Å²) in [6.07, 6.45) is 3.68. The monoisotopic (exact) mass is 218 g/mol. The Hall–Kier alpha value is -0.780. The molecule has 0 saturated heterocycles. The molecule has 0 radical (unpaired) electrons. The third kappa shape index (κ3) is 3.37. The van der Waals surface area contributed by atoms with Gasteiger partial charge in [0.05, 0.1) is 0 Å². The molecule has 0 bridgehead atoms. The van der Waals surface area contributed by atoms with Gasteiger partial charge in [0.1, 0.15) is 0 Å². The topological polar surface area (TPSA) is 0 Å². The molecule has 0 heteroatoms. The molecule has 0 aliphatic rings. The average molecular weight is 218 g/mol. The Kier molecular flexibility index (Phi) is 4.58. The van der Waals surface area contributed by atoms with Gasteiger partial charge < -0.3 is 0 Å². The van der Waals surface area contributed by atoms with Gasteiger partial charge in [-0.1, -0.05) is 65.3 Å². The highest BCUT2D eigenvalue weighted by Crippen LogP contribution is 2.38. The van der Waals surface area contributed by atoms with E-state index in [1.165, 1.54) is 24.0 Å². The number of benzene rings is 1. The van der Waals surface area contributed by atoms with Crippen molar-refractivity contribution in [2.75, 3.05) is 0 Å². The van der Waals surface area contributed by atoms with Gasteiger partial charge in [0.15, 0.2) is 0 Å². The normalized spacial score (nSPS) is 13.8. The lowest BCUT2D eigenvalue weighted by molar-refractivity contribution is 0.303. The molecule has 1 aromatic carbocycles. The molecule has 0 saturated carbocycles. The number of rotatable bonds is 4. The Labute approximate surface area is 101 Å². The van der Waals surface area contributed by atoms with E-state index in [-0.39, 0.29) is 0 Å². The predicted octanol–water partition coefficient (Wildman–Crippen LogP) is 5.18. The molecule has 0 amide bonds. The highest BCUT2D eigenvalue weighted by molar-refractivity contribution is 5.26. The van der Waals surface area contributed by atoms with E-state index in [0.29, 0.717) is 11.3 Å². The summed E-state index contributed by atoms with van der Waals surface area (Å²) >= 11 is 0. The molecule has 90 valence electrons. The van der Waals surface area contributed by atoms with E-state index in [9.17, 15) is 0 Å². The van der Waals surface area contributed by atoms with Crippen LogP contribution in [0.3, 0.4) is 0 Å². The lowest BCUT2D eigenvalue weighted by Crippen LogP contribution is -2.18. The Bertz CT molecular complexity index is 300. The van der Waals surface area contributed by atoms with Crippen LogP contribution in [0.25, 0.3) is 0 Å². The number of hydrogen-bond acceptors (Lipinski definition) is 0. The average Bonchev–Trinajstić information content (AvgIpc) is 2.25. The molecular formula is C16H26. The Morgan fingerprint density at radius 1 is 1.00 bits per heavy atom. The van der Waals surface area contributed by atoms with Gasteiger partial charge in [0, 0.05) is 0 Å². The second kappa shape index (κ2) is 5.52. The summed E-state index contributed by atoms with van der Waals surface area (Å²) in [6.45, 7) is 11.5. The second-order valence-electron chi connectivity index (χ2n) is 5.80. The zero-order chi connectivity index (χ0) is 12.2. The fourth-order valence-corrected chi connectivity index (χ4v) is 2.37. The van der Waals surface area contributed by atoms with Crippen molar-refractivity contribution in [2.24, 2.45) is 5.41 Å². The smallest absolute Gasteiger partial charge is 0.0113 e. The van der Waals surface area contributed by atoms with Gasteiger partial charge in [0.2, 0.25) is 0 Å². The summed E-state index contributed by atoms with van der Waals surface area (Å²) in [4.78, 5) is 0. The zero-order valence-electron chi connectivity index (χ0n) is 11.5. The third-order valence-electron chi connectivity index (χ3n) is 3.41. The molecule has 1 aromatic rings. The first-order valence-corrected chi connectivity index (χ1v) is 6.57. The molecule has 0 aromatic heterocycles. The summed E-state index contributed by atoms with van der Waals surface area (Å²) in [5, 5.41) is 0. The maximum atomic E-state index is 2.35. The van der Waals surface area contributed by atoms with Crippen molar-refractivity contribution in [1.29, 1.82) is 0 Å². The minimum atomic E-state index is 0.365. The fourth-order valence-electron chi connectivity index (χ4n) is 2.37. The van der Waals surface area contributed by atoms with Gasteiger partial charge in [-0.15, -0.1) is 0 Å². The highest BCUT2D eigenvalue weighted by Gasteiger charge is 2.24. The molecule has 0 heterocycles. The number of aryl methyl sites for hydroxylation is 1. The van der Waals surface area contributed by atoms with E-state index in [4.69, 9.17) is 0 Å². The molecule has 16 heavy (non-hydrogen) atoms. The van der Waals surface area contributed by atoms with Crippen LogP contribution in [0.5, 0.6) is 0 Å². The third-order valence-corrected chi connectivity index (χ3v) is 3.41. The molecular weight excluding hydrogens is 192 g/mol. The van der Waals surface area contributed by atoms with Crippen molar-refractivity contribution in [1.82, 2.24) is 0 Å². The van der Waals surface area contributed by atoms with Crippen LogP contribution in [0.2, 0.25) is 0 Å². The van der Waals surface area contributed by atoms with Crippen LogP contribution in [0.15, 0.2) is 24.3 Å². The van der Waals surface area contributed by atoms with Gasteiger partial charge in [-0.25, -0.2) is 0 Å². The molecule has 1 rings (SSSR count). The maximum absolute atomic E-state index is 2.35. The summed E-state index contributed by atoms with van der Waals surface area (Å²) in [5.41, 5.74) is 3.31. The molecule has 0 aliphatic heterocycles. The van der Waals surface area contributed by atoms with E-state index in [1.807, 2.05) is 0 Å². The van der Waals surface area contributed by atoms with E-state index in [2.05, 4.69) is 58.9 Å². The van der Waals surface area contributed by atoms with Gasteiger partial charge >= 0.3 is 0 Å². The van der Waals surface area contributed by atoms with E-state index in [0.717, 1.165) is 6.42 Å². The summed E-state index contributed by atoms with van der Waals surface area (Å²) in [6, 6.07) is 9.21. The minimum absolute atomic E-state index is 0.365. The minimum Gasteiger partial charge on any atom is -0.0654 e. The lowest BCUT2D eigenvalue weighted by Gasteiger charge is -2.31. The van der Waals surface area contributed by atoms with Crippen molar-refractivity contribution in [3.8, 4) is 0 Å². The molecule has 1 unspecified atom stereocenters. The van der Waals surface area contributed by atoms with Crippen molar-refractivity contribution in [3.05, 3.63) is 35.4 Å². The first-order chi connectivity index (χ1) is 7.49.